The van der Waals surface area contributed by atoms with Crippen LogP contribution in [-0.2, 0) is 13.0 Å². The second-order valence-corrected chi connectivity index (χ2v) is 6.59. The van der Waals surface area contributed by atoms with Crippen molar-refractivity contribution < 1.29 is 9.53 Å². The summed E-state index contributed by atoms with van der Waals surface area (Å²) in [6.07, 6.45) is 0.735. The molecule has 0 spiro atoms. The molecule has 0 atom stereocenters. The van der Waals surface area contributed by atoms with E-state index < -0.39 is 5.91 Å². The lowest BCUT2D eigenvalue weighted by Crippen LogP contribution is -2.13. The molecule has 2 N–H and O–H groups in total. The fraction of sp³-hybridized carbons (Fsp3) is 0.217. The molecular weight excluding hydrogens is 350 g/mol. The first-order valence-corrected chi connectivity index (χ1v) is 9.16. The monoisotopic (exact) mass is 373 g/mol. The first-order valence-electron chi connectivity index (χ1n) is 9.16. The number of hydrogen-bond acceptors (Lipinski definition) is 3. The fourth-order valence-corrected chi connectivity index (χ4v) is 3.71. The van der Waals surface area contributed by atoms with Gasteiger partial charge in [0.2, 0.25) is 0 Å². The Morgan fingerprint density at radius 1 is 1.18 bits per heavy atom. The van der Waals surface area contributed by atoms with E-state index in [2.05, 4.69) is 17.6 Å². The third-order valence-electron chi connectivity index (χ3n) is 5.04. The Kier molecular flexibility index (Phi) is 5.51. The summed E-state index contributed by atoms with van der Waals surface area (Å²) in [4.78, 5) is 12.3. The molecule has 0 unspecified atom stereocenters. The Morgan fingerprint density at radius 2 is 1.86 bits per heavy atom. The van der Waals surface area contributed by atoms with Crippen LogP contribution in [0.2, 0.25) is 0 Å². The smallest absolute Gasteiger partial charge is 0.251 e. The number of amides is 1. The number of carbonyl (C=O) groups excluding carboxylic acids is 1. The molecule has 0 radical (unpaired) electrons. The molecular formula is C23H23N3O2. The maximum atomic E-state index is 12.3. The number of nitriles is 1. The van der Waals surface area contributed by atoms with E-state index in [0.717, 1.165) is 40.2 Å². The van der Waals surface area contributed by atoms with Crippen LogP contribution in [0.15, 0.2) is 48.5 Å². The van der Waals surface area contributed by atoms with Gasteiger partial charge in [-0.15, -0.1) is 0 Å². The highest BCUT2D eigenvalue weighted by Gasteiger charge is 2.24. The Hall–Kier alpha value is -3.52. The lowest BCUT2D eigenvalue weighted by atomic mass is 9.98. The molecule has 5 nitrogen and oxygen atoms in total. The highest BCUT2D eigenvalue weighted by Crippen LogP contribution is 2.34. The summed E-state index contributed by atoms with van der Waals surface area (Å²) >= 11 is 0. The predicted octanol–water partition coefficient (Wildman–Crippen LogP) is 4.05. The minimum atomic E-state index is -0.453. The van der Waals surface area contributed by atoms with Gasteiger partial charge in [-0.3, -0.25) is 4.79 Å². The van der Waals surface area contributed by atoms with Gasteiger partial charge < -0.3 is 15.0 Å². The zero-order valence-electron chi connectivity index (χ0n) is 16.3. The van der Waals surface area contributed by atoms with E-state index in [1.165, 1.54) is 0 Å². The number of aromatic nitrogens is 1. The number of ether oxygens (including phenoxy) is 1. The summed E-state index contributed by atoms with van der Waals surface area (Å²) in [7, 11) is 1.65. The fourth-order valence-electron chi connectivity index (χ4n) is 3.71. The number of primary amides is 1. The number of hydrogen-bond donors (Lipinski definition) is 1. The van der Waals surface area contributed by atoms with Crippen LogP contribution in [0.3, 0.4) is 0 Å². The van der Waals surface area contributed by atoms with Gasteiger partial charge in [-0.2, -0.15) is 5.26 Å². The number of methoxy groups -OCH3 is 1. The molecule has 0 fully saturated rings. The predicted molar refractivity (Wildman–Crippen MR) is 109 cm³/mol. The van der Waals surface area contributed by atoms with E-state index in [4.69, 9.17) is 15.7 Å². The summed E-state index contributed by atoms with van der Waals surface area (Å²) in [6.45, 7) is 4.56. The van der Waals surface area contributed by atoms with E-state index in [1.54, 1.807) is 19.2 Å². The molecule has 0 aliphatic carbocycles. The second kappa shape index (κ2) is 8.01. The molecule has 0 saturated carbocycles. The second-order valence-electron chi connectivity index (χ2n) is 6.59. The summed E-state index contributed by atoms with van der Waals surface area (Å²) in [5.74, 6) is 0.350. The van der Waals surface area contributed by atoms with Crippen LogP contribution >= 0.6 is 0 Å². The Labute approximate surface area is 165 Å². The highest BCUT2D eigenvalue weighted by molar-refractivity contribution is 6.02. The standard InChI is InChI=1S/C23H23N3O2/c1-4-19-22(17-11-9-16(13-24)10-12-17)21(23(25)27)15(2)26(19)14-18-7-5-6-8-20(18)28-3/h5-12H,4,14H2,1-3H3,(H2,25,27). The van der Waals surface area contributed by atoms with Crippen molar-refractivity contribution in [1.29, 1.82) is 5.26 Å². The van der Waals surface area contributed by atoms with Crippen molar-refractivity contribution in [1.82, 2.24) is 4.57 Å². The van der Waals surface area contributed by atoms with Gasteiger partial charge in [-0.1, -0.05) is 37.3 Å². The molecule has 0 aliphatic rings. The zero-order valence-corrected chi connectivity index (χ0v) is 16.3. The third-order valence-corrected chi connectivity index (χ3v) is 5.04. The normalized spacial score (nSPS) is 10.5. The number of nitrogens with two attached hydrogens (primary N) is 1. The molecule has 3 rings (SSSR count). The number of benzene rings is 2. The molecule has 1 amide bonds. The summed E-state index contributed by atoms with van der Waals surface area (Å²) in [5.41, 5.74) is 11.5. The molecule has 3 aromatic rings. The quantitative estimate of drug-likeness (QED) is 0.708. The third kappa shape index (κ3) is 3.37. The topological polar surface area (TPSA) is 81.0 Å². The van der Waals surface area contributed by atoms with Crippen LogP contribution in [0.5, 0.6) is 5.75 Å². The van der Waals surface area contributed by atoms with Crippen molar-refractivity contribution in [3.63, 3.8) is 0 Å². The van der Waals surface area contributed by atoms with E-state index >= 15 is 0 Å². The zero-order chi connectivity index (χ0) is 20.3. The molecule has 142 valence electrons. The molecule has 1 heterocycles. The largest absolute Gasteiger partial charge is 0.496 e. The van der Waals surface area contributed by atoms with Crippen LogP contribution in [0.4, 0.5) is 0 Å². The molecule has 1 aromatic heterocycles. The summed E-state index contributed by atoms with van der Waals surface area (Å²) in [6, 6.07) is 17.2. The van der Waals surface area contributed by atoms with E-state index in [9.17, 15) is 4.79 Å². The van der Waals surface area contributed by atoms with Crippen LogP contribution in [0.1, 0.15) is 39.8 Å². The summed E-state index contributed by atoms with van der Waals surface area (Å²) in [5, 5.41) is 9.06. The van der Waals surface area contributed by atoms with Crippen molar-refractivity contribution in [3.8, 4) is 22.9 Å². The van der Waals surface area contributed by atoms with Crippen molar-refractivity contribution in [2.24, 2.45) is 5.73 Å². The number of carbonyl (C=O) groups is 1. The highest BCUT2D eigenvalue weighted by atomic mass is 16.5. The molecule has 28 heavy (non-hydrogen) atoms. The number of para-hydroxylation sites is 1. The SMILES string of the molecule is CCc1c(-c2ccc(C#N)cc2)c(C(N)=O)c(C)n1Cc1ccccc1OC. The van der Waals surface area contributed by atoms with Gasteiger partial charge in [0.05, 0.1) is 30.9 Å². The van der Waals surface area contributed by atoms with Gasteiger partial charge in [0.1, 0.15) is 5.75 Å². The lowest BCUT2D eigenvalue weighted by Gasteiger charge is -2.14. The first kappa shape index (κ1) is 19.2. The molecule has 5 heteroatoms. The van der Waals surface area contributed by atoms with E-state index in [0.29, 0.717) is 17.7 Å². The maximum Gasteiger partial charge on any atom is 0.251 e. The van der Waals surface area contributed by atoms with Crippen molar-refractivity contribution >= 4 is 5.91 Å². The average molecular weight is 373 g/mol. The van der Waals surface area contributed by atoms with Gasteiger partial charge in [0.15, 0.2) is 0 Å². The van der Waals surface area contributed by atoms with Gasteiger partial charge in [-0.05, 0) is 37.1 Å². The van der Waals surface area contributed by atoms with Gasteiger partial charge in [0.25, 0.3) is 5.91 Å². The van der Waals surface area contributed by atoms with Gasteiger partial charge >= 0.3 is 0 Å². The Balaban J connectivity index is 2.21. The van der Waals surface area contributed by atoms with Crippen molar-refractivity contribution in [2.75, 3.05) is 7.11 Å². The number of nitrogens with zero attached hydrogens (tertiary/aromatic N) is 2. The van der Waals surface area contributed by atoms with Crippen LogP contribution < -0.4 is 10.5 Å². The van der Waals surface area contributed by atoms with Gasteiger partial charge in [-0.25, -0.2) is 0 Å². The van der Waals surface area contributed by atoms with Crippen LogP contribution in [0, 0.1) is 18.3 Å². The lowest BCUT2D eigenvalue weighted by molar-refractivity contribution is 0.1000. The van der Waals surface area contributed by atoms with Crippen LogP contribution in [0.25, 0.3) is 11.1 Å². The minimum absolute atomic E-state index is 0.453. The average Bonchev–Trinajstić information content (AvgIpc) is 3.00. The molecule has 2 aromatic carbocycles. The van der Waals surface area contributed by atoms with E-state index in [-0.39, 0.29) is 0 Å². The first-order chi connectivity index (χ1) is 13.5. The van der Waals surface area contributed by atoms with Crippen molar-refractivity contribution in [2.45, 2.75) is 26.8 Å². The Bertz CT molecular complexity index is 1060. The number of rotatable bonds is 6. The molecule has 0 aliphatic heterocycles. The Morgan fingerprint density at radius 3 is 2.43 bits per heavy atom. The summed E-state index contributed by atoms with van der Waals surface area (Å²) < 4.78 is 7.62. The van der Waals surface area contributed by atoms with Crippen molar-refractivity contribution in [3.05, 3.63) is 76.6 Å². The minimum Gasteiger partial charge on any atom is -0.496 e. The maximum absolute atomic E-state index is 12.3. The molecule has 0 bridgehead atoms. The molecule has 0 saturated heterocycles. The van der Waals surface area contributed by atoms with Gasteiger partial charge in [0, 0.05) is 22.5 Å². The van der Waals surface area contributed by atoms with Crippen LogP contribution in [-0.4, -0.2) is 17.6 Å². The van der Waals surface area contributed by atoms with E-state index in [1.807, 2.05) is 43.3 Å².